The first-order valence-electron chi connectivity index (χ1n) is 10.8. The Labute approximate surface area is 184 Å². The molecule has 0 aliphatic carbocycles. The summed E-state index contributed by atoms with van der Waals surface area (Å²) >= 11 is 0. The molecule has 1 fully saturated rings. The normalized spacial score (nSPS) is 18.0. The molecule has 1 atom stereocenters. The second-order valence-electron chi connectivity index (χ2n) is 8.23. The van der Waals surface area contributed by atoms with Crippen molar-refractivity contribution >= 4 is 11.8 Å². The molecule has 32 heavy (non-hydrogen) atoms. The van der Waals surface area contributed by atoms with Gasteiger partial charge in [0.25, 0.3) is 11.8 Å². The summed E-state index contributed by atoms with van der Waals surface area (Å²) in [6.45, 7) is 2.27. The number of carbonyl (C=O) groups excluding carboxylic acids is 2. The first-order chi connectivity index (χ1) is 15.6. The third-order valence-corrected chi connectivity index (χ3v) is 6.16. The van der Waals surface area contributed by atoms with Gasteiger partial charge in [-0.05, 0) is 42.5 Å². The molecule has 1 saturated heterocycles. The molecule has 8 nitrogen and oxygen atoms in total. The highest BCUT2D eigenvalue weighted by Crippen LogP contribution is 2.22. The summed E-state index contributed by atoms with van der Waals surface area (Å²) in [5, 5.41) is 8.23. The van der Waals surface area contributed by atoms with Crippen molar-refractivity contribution in [1.29, 1.82) is 0 Å². The van der Waals surface area contributed by atoms with Crippen molar-refractivity contribution in [1.82, 2.24) is 29.8 Å². The average molecular weight is 434 g/mol. The Morgan fingerprint density at radius 3 is 2.69 bits per heavy atom. The third kappa shape index (κ3) is 3.98. The van der Waals surface area contributed by atoms with Crippen LogP contribution in [0.3, 0.4) is 0 Å². The van der Waals surface area contributed by atoms with Gasteiger partial charge in [0, 0.05) is 19.6 Å². The van der Waals surface area contributed by atoms with Crippen molar-refractivity contribution in [3.8, 4) is 0 Å². The van der Waals surface area contributed by atoms with Crippen LogP contribution >= 0.6 is 0 Å². The molecular weight excluding hydrogens is 411 g/mol. The molecule has 164 valence electrons. The second-order valence-corrected chi connectivity index (χ2v) is 8.23. The lowest BCUT2D eigenvalue weighted by Crippen LogP contribution is -2.38. The lowest BCUT2D eigenvalue weighted by atomic mass is 10.00. The van der Waals surface area contributed by atoms with Crippen LogP contribution in [-0.2, 0) is 19.5 Å². The van der Waals surface area contributed by atoms with E-state index in [1.165, 1.54) is 17.7 Å². The van der Waals surface area contributed by atoms with Gasteiger partial charge < -0.3 is 9.80 Å². The van der Waals surface area contributed by atoms with Crippen LogP contribution < -0.4 is 0 Å². The van der Waals surface area contributed by atoms with E-state index in [1.807, 2.05) is 18.2 Å². The number of hydrogen-bond acceptors (Lipinski definition) is 5. The minimum atomic E-state index is -0.475. The molecule has 1 unspecified atom stereocenters. The molecule has 0 saturated carbocycles. The minimum Gasteiger partial charge on any atom is -0.333 e. The van der Waals surface area contributed by atoms with Crippen LogP contribution in [0.1, 0.15) is 44.9 Å². The molecule has 0 bridgehead atoms. The maximum absolute atomic E-state index is 13.1. The Hall–Kier alpha value is -3.62. The Kier molecular flexibility index (Phi) is 5.38. The van der Waals surface area contributed by atoms with Crippen molar-refractivity contribution in [2.75, 3.05) is 13.1 Å². The first-order valence-corrected chi connectivity index (χ1v) is 10.8. The third-order valence-electron chi connectivity index (χ3n) is 6.16. The summed E-state index contributed by atoms with van der Waals surface area (Å²) in [5.74, 6) is -0.840. The molecule has 1 aromatic carbocycles. The second kappa shape index (κ2) is 8.49. The number of hydrogen-bond donors (Lipinski definition) is 0. The number of amides is 2. The predicted molar refractivity (Wildman–Crippen MR) is 113 cm³/mol. The molecule has 0 N–H and O–H groups in total. The van der Waals surface area contributed by atoms with Crippen LogP contribution in [0.5, 0.6) is 0 Å². The van der Waals surface area contributed by atoms with Crippen LogP contribution in [-0.4, -0.2) is 60.7 Å². The number of halogens is 1. The van der Waals surface area contributed by atoms with Gasteiger partial charge in [-0.15, -0.1) is 5.10 Å². The Bertz CT molecular complexity index is 1150. The number of benzene rings is 1. The minimum absolute atomic E-state index is 0.0825. The average Bonchev–Trinajstić information content (AvgIpc) is 3.48. The first kappa shape index (κ1) is 20.3. The van der Waals surface area contributed by atoms with Crippen LogP contribution in [0, 0.1) is 5.82 Å². The van der Waals surface area contributed by atoms with Crippen LogP contribution in [0.2, 0.25) is 0 Å². The van der Waals surface area contributed by atoms with Crippen molar-refractivity contribution < 1.29 is 14.0 Å². The van der Waals surface area contributed by atoms with E-state index in [0.29, 0.717) is 31.9 Å². The Balaban J connectivity index is 1.25. The maximum atomic E-state index is 13.1. The Morgan fingerprint density at radius 1 is 1.03 bits per heavy atom. The van der Waals surface area contributed by atoms with Gasteiger partial charge in [0.1, 0.15) is 11.5 Å². The zero-order valence-electron chi connectivity index (χ0n) is 17.5. The standard InChI is InChI=1S/C23H23FN6O2/c24-18-7-8-20(25-12-18)23(32)30-10-3-6-19(30)14-29-15-21(26-27-29)22(31)28-11-9-16-4-1-2-5-17(16)13-28/h1-2,4-5,7-8,12,15,19H,3,6,9-11,13-14H2. The highest BCUT2D eigenvalue weighted by Gasteiger charge is 2.31. The van der Waals surface area contributed by atoms with Gasteiger partial charge in [-0.1, -0.05) is 29.5 Å². The fraction of sp³-hybridized carbons (Fsp3) is 0.348. The SMILES string of the molecule is O=C(c1cn(CC2CCCN2C(=O)c2ccc(F)cn2)nn1)N1CCc2ccccc2C1. The van der Waals surface area contributed by atoms with Crippen molar-refractivity contribution in [3.63, 3.8) is 0 Å². The summed E-state index contributed by atoms with van der Waals surface area (Å²) in [7, 11) is 0. The largest absolute Gasteiger partial charge is 0.333 e. The van der Waals surface area contributed by atoms with E-state index in [0.717, 1.165) is 31.0 Å². The fourth-order valence-electron chi connectivity index (χ4n) is 4.47. The number of fused-ring (bicyclic) bond motifs is 1. The lowest BCUT2D eigenvalue weighted by molar-refractivity contribution is 0.0710. The highest BCUT2D eigenvalue weighted by atomic mass is 19.1. The molecule has 2 aromatic heterocycles. The summed E-state index contributed by atoms with van der Waals surface area (Å²) < 4.78 is 14.8. The van der Waals surface area contributed by atoms with Gasteiger partial charge in [-0.25, -0.2) is 14.1 Å². The molecule has 4 heterocycles. The van der Waals surface area contributed by atoms with Gasteiger partial charge in [0.15, 0.2) is 5.69 Å². The molecule has 5 rings (SSSR count). The molecule has 0 spiro atoms. The van der Waals surface area contributed by atoms with Gasteiger partial charge in [0.2, 0.25) is 0 Å². The quantitative estimate of drug-likeness (QED) is 0.629. The van der Waals surface area contributed by atoms with E-state index < -0.39 is 5.82 Å². The number of nitrogens with zero attached hydrogens (tertiary/aromatic N) is 6. The number of likely N-dealkylation sites (tertiary alicyclic amines) is 1. The highest BCUT2D eigenvalue weighted by molar-refractivity contribution is 5.93. The van der Waals surface area contributed by atoms with Gasteiger partial charge in [-0.2, -0.15) is 0 Å². The van der Waals surface area contributed by atoms with Crippen molar-refractivity contribution in [2.45, 2.75) is 38.4 Å². The van der Waals surface area contributed by atoms with E-state index in [2.05, 4.69) is 21.4 Å². The summed E-state index contributed by atoms with van der Waals surface area (Å²) in [4.78, 5) is 33.2. The molecule has 2 amide bonds. The van der Waals surface area contributed by atoms with E-state index in [-0.39, 0.29) is 23.6 Å². The molecule has 3 aromatic rings. The maximum Gasteiger partial charge on any atom is 0.276 e. The molecule has 2 aliphatic rings. The zero-order chi connectivity index (χ0) is 22.1. The summed E-state index contributed by atoms with van der Waals surface area (Å²) in [5.41, 5.74) is 2.97. The van der Waals surface area contributed by atoms with E-state index in [9.17, 15) is 14.0 Å². The molecule has 2 aliphatic heterocycles. The number of rotatable bonds is 4. The molecular formula is C23H23FN6O2. The zero-order valence-corrected chi connectivity index (χ0v) is 17.5. The topological polar surface area (TPSA) is 84.2 Å². The van der Waals surface area contributed by atoms with E-state index >= 15 is 0 Å². The van der Waals surface area contributed by atoms with Gasteiger partial charge >= 0.3 is 0 Å². The van der Waals surface area contributed by atoms with E-state index in [1.54, 1.807) is 20.7 Å². The predicted octanol–water partition coefficient (Wildman–Crippen LogP) is 2.32. The van der Waals surface area contributed by atoms with Gasteiger partial charge in [0.05, 0.1) is 25.0 Å². The number of pyridine rings is 1. The lowest BCUT2D eigenvalue weighted by Gasteiger charge is -2.28. The number of aromatic nitrogens is 4. The molecule has 0 radical (unpaired) electrons. The summed E-state index contributed by atoms with van der Waals surface area (Å²) in [6.07, 6.45) is 5.21. The summed E-state index contributed by atoms with van der Waals surface area (Å²) in [6, 6.07) is 10.7. The van der Waals surface area contributed by atoms with E-state index in [4.69, 9.17) is 0 Å². The van der Waals surface area contributed by atoms with Gasteiger partial charge in [-0.3, -0.25) is 9.59 Å². The van der Waals surface area contributed by atoms with Crippen LogP contribution in [0.4, 0.5) is 4.39 Å². The van der Waals surface area contributed by atoms with Crippen LogP contribution in [0.25, 0.3) is 0 Å². The monoisotopic (exact) mass is 434 g/mol. The molecule has 9 heteroatoms. The van der Waals surface area contributed by atoms with Crippen molar-refractivity contribution in [3.05, 3.63) is 77.1 Å². The smallest absolute Gasteiger partial charge is 0.276 e. The fourth-order valence-corrected chi connectivity index (χ4v) is 4.47. The van der Waals surface area contributed by atoms with Crippen LogP contribution in [0.15, 0.2) is 48.8 Å². The number of carbonyl (C=O) groups is 2. The Morgan fingerprint density at radius 2 is 1.88 bits per heavy atom. The van der Waals surface area contributed by atoms with Crippen molar-refractivity contribution in [2.24, 2.45) is 0 Å².